The topological polar surface area (TPSA) is 44.1 Å². The summed E-state index contributed by atoms with van der Waals surface area (Å²) in [5.41, 5.74) is 4.29. The summed E-state index contributed by atoms with van der Waals surface area (Å²) in [6.45, 7) is 5.92. The van der Waals surface area contributed by atoms with Gasteiger partial charge < -0.3 is 4.74 Å². The van der Waals surface area contributed by atoms with Crippen LogP contribution in [0.15, 0.2) is 36.4 Å². The van der Waals surface area contributed by atoms with Gasteiger partial charge in [0.05, 0.1) is 17.3 Å². The van der Waals surface area contributed by atoms with Crippen LogP contribution in [0.2, 0.25) is 10.0 Å². The summed E-state index contributed by atoms with van der Waals surface area (Å²) in [6.07, 6.45) is 1.95. The maximum Gasteiger partial charge on any atom is 0.223 e. The van der Waals surface area contributed by atoms with Crippen LogP contribution in [0.25, 0.3) is 0 Å². The van der Waals surface area contributed by atoms with Crippen LogP contribution in [-0.2, 0) is 7.05 Å². The lowest BCUT2D eigenvalue weighted by atomic mass is 10.0. The van der Waals surface area contributed by atoms with Crippen LogP contribution in [0, 0.1) is 27.2 Å². The Balaban J connectivity index is 1.85. The van der Waals surface area contributed by atoms with Crippen LogP contribution in [0.5, 0.6) is 5.88 Å². The standard InChI is InChI=1S/C22H21Cl2N2O2/c1-13-5-7-16(8-6-13)11-12-28-22-19(15(3)25-26(22)4)21(27)17-9-10-18(23)14(2)20(17)24/h5-11H,12H2,1-4H3. The molecular weight excluding hydrogens is 395 g/mol. The van der Waals surface area contributed by atoms with Gasteiger partial charge in [-0.3, -0.25) is 4.79 Å². The summed E-state index contributed by atoms with van der Waals surface area (Å²) in [4.78, 5) is 13.2. The minimum absolute atomic E-state index is 0.235. The highest BCUT2D eigenvalue weighted by Gasteiger charge is 2.25. The molecule has 0 aliphatic carbocycles. The van der Waals surface area contributed by atoms with Gasteiger partial charge in [0, 0.05) is 24.1 Å². The molecule has 1 heterocycles. The van der Waals surface area contributed by atoms with Crippen LogP contribution >= 0.6 is 23.2 Å². The lowest BCUT2D eigenvalue weighted by molar-refractivity contribution is 0.103. The first-order valence-corrected chi connectivity index (χ1v) is 9.60. The maximum atomic E-state index is 13.2. The Bertz CT molecular complexity index is 1020. The summed E-state index contributed by atoms with van der Waals surface area (Å²) in [6, 6.07) is 11.4. The van der Waals surface area contributed by atoms with Gasteiger partial charge in [0.25, 0.3) is 0 Å². The number of benzene rings is 2. The Labute approximate surface area is 175 Å². The van der Waals surface area contributed by atoms with E-state index in [9.17, 15) is 4.79 Å². The monoisotopic (exact) mass is 415 g/mol. The molecule has 3 rings (SSSR count). The number of hydrogen-bond donors (Lipinski definition) is 0. The molecule has 3 aromatic rings. The molecule has 2 aromatic carbocycles. The van der Waals surface area contributed by atoms with E-state index in [2.05, 4.69) is 5.10 Å². The number of carbonyl (C=O) groups excluding carboxylic acids is 1. The largest absolute Gasteiger partial charge is 0.477 e. The van der Waals surface area contributed by atoms with Gasteiger partial charge in [-0.1, -0.05) is 53.0 Å². The SMILES string of the molecule is Cc1ccc([CH]COc2c(C(=O)c3ccc(Cl)c(C)c3Cl)c(C)nn2C)cc1. The molecule has 0 unspecified atom stereocenters. The van der Waals surface area contributed by atoms with Gasteiger partial charge in [0.2, 0.25) is 11.7 Å². The molecule has 0 aliphatic rings. The number of aryl methyl sites for hydroxylation is 3. The average molecular weight is 416 g/mol. The van der Waals surface area contributed by atoms with Crippen LogP contribution < -0.4 is 4.74 Å². The summed E-state index contributed by atoms with van der Waals surface area (Å²) in [5.74, 6) is 0.176. The number of ether oxygens (including phenoxy) is 1. The number of rotatable bonds is 6. The van der Waals surface area contributed by atoms with Crippen LogP contribution in [0.4, 0.5) is 0 Å². The van der Waals surface area contributed by atoms with E-state index in [0.717, 1.165) is 5.56 Å². The van der Waals surface area contributed by atoms with Crippen molar-refractivity contribution in [3.8, 4) is 5.88 Å². The summed E-state index contributed by atoms with van der Waals surface area (Å²) in [7, 11) is 1.75. The Kier molecular flexibility index (Phi) is 6.11. The molecule has 6 heteroatoms. The number of nitrogens with zero attached hydrogens (tertiary/aromatic N) is 2. The third kappa shape index (κ3) is 4.08. The van der Waals surface area contributed by atoms with Crippen molar-refractivity contribution < 1.29 is 9.53 Å². The van der Waals surface area contributed by atoms with Crippen molar-refractivity contribution in [1.82, 2.24) is 9.78 Å². The van der Waals surface area contributed by atoms with E-state index in [4.69, 9.17) is 27.9 Å². The second-order valence-corrected chi connectivity index (χ2v) is 7.46. The van der Waals surface area contributed by atoms with Crippen molar-refractivity contribution in [2.75, 3.05) is 6.61 Å². The molecule has 1 radical (unpaired) electrons. The van der Waals surface area contributed by atoms with Crippen LogP contribution in [0.1, 0.15) is 38.3 Å². The van der Waals surface area contributed by atoms with Crippen molar-refractivity contribution in [2.45, 2.75) is 20.8 Å². The molecule has 0 N–H and O–H groups in total. The predicted molar refractivity (Wildman–Crippen MR) is 113 cm³/mol. The summed E-state index contributed by atoms with van der Waals surface area (Å²) in [5, 5.41) is 5.22. The van der Waals surface area contributed by atoms with Crippen molar-refractivity contribution in [3.05, 3.63) is 86.4 Å². The van der Waals surface area contributed by atoms with E-state index in [0.29, 0.717) is 44.9 Å². The second kappa shape index (κ2) is 8.38. The van der Waals surface area contributed by atoms with Crippen molar-refractivity contribution >= 4 is 29.0 Å². The molecule has 0 saturated heterocycles. The number of ketones is 1. The van der Waals surface area contributed by atoms with Crippen molar-refractivity contribution in [1.29, 1.82) is 0 Å². The second-order valence-electron chi connectivity index (χ2n) is 6.68. The molecule has 4 nitrogen and oxygen atoms in total. The molecule has 145 valence electrons. The average Bonchev–Trinajstić information content (AvgIpc) is 2.94. The minimum Gasteiger partial charge on any atom is -0.477 e. The van der Waals surface area contributed by atoms with Crippen molar-refractivity contribution in [2.24, 2.45) is 7.05 Å². The molecule has 0 aliphatic heterocycles. The van der Waals surface area contributed by atoms with Crippen LogP contribution in [-0.4, -0.2) is 22.2 Å². The Morgan fingerprint density at radius 2 is 1.79 bits per heavy atom. The molecule has 0 fully saturated rings. The maximum absolute atomic E-state index is 13.2. The smallest absolute Gasteiger partial charge is 0.223 e. The Hall–Kier alpha value is -2.30. The highest BCUT2D eigenvalue weighted by atomic mass is 35.5. The van der Waals surface area contributed by atoms with Gasteiger partial charge in [0.1, 0.15) is 5.56 Å². The fourth-order valence-electron chi connectivity index (χ4n) is 2.95. The zero-order valence-electron chi connectivity index (χ0n) is 16.2. The lowest BCUT2D eigenvalue weighted by Crippen LogP contribution is -2.09. The van der Waals surface area contributed by atoms with E-state index < -0.39 is 0 Å². The van der Waals surface area contributed by atoms with Gasteiger partial charge in [-0.2, -0.15) is 5.10 Å². The quantitative estimate of drug-likeness (QED) is 0.498. The van der Waals surface area contributed by atoms with Crippen LogP contribution in [0.3, 0.4) is 0 Å². The Morgan fingerprint density at radius 3 is 2.46 bits per heavy atom. The predicted octanol–water partition coefficient (Wildman–Crippen LogP) is 5.51. The number of aromatic nitrogens is 2. The first-order chi connectivity index (χ1) is 13.3. The van der Waals surface area contributed by atoms with E-state index in [1.807, 2.05) is 37.6 Å². The van der Waals surface area contributed by atoms with Gasteiger partial charge >= 0.3 is 0 Å². The van der Waals surface area contributed by atoms with E-state index in [1.54, 1.807) is 37.7 Å². The minimum atomic E-state index is -0.235. The highest BCUT2D eigenvalue weighted by Crippen LogP contribution is 2.32. The van der Waals surface area contributed by atoms with E-state index in [-0.39, 0.29) is 5.78 Å². The first kappa shape index (κ1) is 20.4. The number of carbonyl (C=O) groups is 1. The van der Waals surface area contributed by atoms with Crippen molar-refractivity contribution in [3.63, 3.8) is 0 Å². The molecule has 0 spiro atoms. The fourth-order valence-corrected chi connectivity index (χ4v) is 3.41. The zero-order chi connectivity index (χ0) is 20.4. The molecule has 0 bridgehead atoms. The van der Waals surface area contributed by atoms with E-state index >= 15 is 0 Å². The van der Waals surface area contributed by atoms with E-state index in [1.165, 1.54) is 5.56 Å². The summed E-state index contributed by atoms with van der Waals surface area (Å²) < 4.78 is 7.49. The number of halogens is 2. The molecular formula is C22H21Cl2N2O2. The number of hydrogen-bond acceptors (Lipinski definition) is 3. The molecule has 0 amide bonds. The third-order valence-electron chi connectivity index (χ3n) is 4.58. The first-order valence-electron chi connectivity index (χ1n) is 8.85. The van der Waals surface area contributed by atoms with Gasteiger partial charge in [-0.05, 0) is 44.0 Å². The normalized spacial score (nSPS) is 10.9. The molecule has 28 heavy (non-hydrogen) atoms. The highest BCUT2D eigenvalue weighted by molar-refractivity contribution is 6.38. The zero-order valence-corrected chi connectivity index (χ0v) is 17.7. The lowest BCUT2D eigenvalue weighted by Gasteiger charge is -2.11. The third-order valence-corrected chi connectivity index (χ3v) is 5.47. The van der Waals surface area contributed by atoms with Gasteiger partial charge in [-0.25, -0.2) is 4.68 Å². The Morgan fingerprint density at radius 1 is 1.11 bits per heavy atom. The fraction of sp³-hybridized carbons (Fsp3) is 0.227. The van der Waals surface area contributed by atoms with Gasteiger partial charge in [-0.15, -0.1) is 0 Å². The molecule has 0 atom stereocenters. The summed E-state index contributed by atoms with van der Waals surface area (Å²) >= 11 is 12.5. The molecule has 1 aromatic heterocycles. The van der Waals surface area contributed by atoms with Gasteiger partial charge in [0.15, 0.2) is 0 Å². The molecule has 0 saturated carbocycles.